The highest BCUT2D eigenvalue weighted by atomic mass is 32.1. The highest BCUT2D eigenvalue weighted by Crippen LogP contribution is 2.31. The molecule has 0 aliphatic carbocycles. The van der Waals surface area contributed by atoms with E-state index in [0.717, 1.165) is 27.9 Å². The Morgan fingerprint density at radius 2 is 2.03 bits per heavy atom. The molecule has 0 aliphatic rings. The minimum absolute atomic E-state index is 0.0395. The molecular weight excluding hydrogens is 456 g/mol. The number of hydrogen-bond donors (Lipinski definition) is 1. The third-order valence-corrected chi connectivity index (χ3v) is 6.53. The number of nitro groups is 1. The van der Waals surface area contributed by atoms with Gasteiger partial charge < -0.3 is 10.1 Å². The van der Waals surface area contributed by atoms with Gasteiger partial charge in [-0.1, -0.05) is 12.1 Å². The molecule has 34 heavy (non-hydrogen) atoms. The summed E-state index contributed by atoms with van der Waals surface area (Å²) in [5.41, 5.74) is 5.40. The lowest BCUT2D eigenvalue weighted by atomic mass is 10.00. The smallest absolute Gasteiger partial charge is 0.272 e. The van der Waals surface area contributed by atoms with E-state index in [1.807, 2.05) is 20.9 Å². The molecule has 0 saturated carbocycles. The van der Waals surface area contributed by atoms with Crippen LogP contribution in [0, 0.1) is 30.9 Å². The van der Waals surface area contributed by atoms with Gasteiger partial charge in [-0.3, -0.25) is 14.9 Å². The van der Waals surface area contributed by atoms with Gasteiger partial charge in [0.1, 0.15) is 0 Å². The summed E-state index contributed by atoms with van der Waals surface area (Å²) in [6.45, 7) is 5.60. The molecule has 0 spiro atoms. The first kappa shape index (κ1) is 23.3. The highest BCUT2D eigenvalue weighted by Gasteiger charge is 2.19. The maximum Gasteiger partial charge on any atom is 0.272 e. The summed E-state index contributed by atoms with van der Waals surface area (Å²) >= 11 is 1.28. The molecule has 1 aromatic carbocycles. The first-order valence-electron chi connectivity index (χ1n) is 10.6. The summed E-state index contributed by atoms with van der Waals surface area (Å²) in [7, 11) is 3.40. The number of aryl methyl sites for hydroxylation is 4. The van der Waals surface area contributed by atoms with Crippen LogP contribution >= 0.6 is 11.3 Å². The van der Waals surface area contributed by atoms with Gasteiger partial charge in [0.15, 0.2) is 10.8 Å². The number of nitrogens with one attached hydrogen (secondary N) is 1. The van der Waals surface area contributed by atoms with E-state index >= 15 is 0 Å². The first-order chi connectivity index (χ1) is 16.2. The monoisotopic (exact) mass is 480 g/mol. The lowest BCUT2D eigenvalue weighted by molar-refractivity contribution is -0.385. The van der Waals surface area contributed by atoms with E-state index in [-0.39, 0.29) is 18.0 Å². The Bertz CT molecular complexity index is 1420. The van der Waals surface area contributed by atoms with E-state index in [2.05, 4.69) is 20.4 Å². The number of rotatable bonds is 7. The average Bonchev–Trinajstić information content (AvgIpc) is 3.38. The molecular formula is C23H24N6O4S. The van der Waals surface area contributed by atoms with Crippen LogP contribution in [0.3, 0.4) is 0 Å². The van der Waals surface area contributed by atoms with Crippen molar-refractivity contribution in [3.05, 3.63) is 56.1 Å². The number of ether oxygens (including phenoxy) is 1. The van der Waals surface area contributed by atoms with Crippen LogP contribution in [0.4, 0.5) is 10.8 Å². The molecule has 3 aromatic heterocycles. The van der Waals surface area contributed by atoms with Crippen molar-refractivity contribution < 1.29 is 14.5 Å². The highest BCUT2D eigenvalue weighted by molar-refractivity contribution is 7.14. The zero-order valence-electron chi connectivity index (χ0n) is 19.5. The average molecular weight is 481 g/mol. The molecule has 3 heterocycles. The summed E-state index contributed by atoms with van der Waals surface area (Å²) in [6.07, 6.45) is 0.759. The van der Waals surface area contributed by atoms with Gasteiger partial charge in [-0.05, 0) is 38.3 Å². The number of fused-ring (bicyclic) bond motifs is 1. The lowest BCUT2D eigenvalue weighted by Crippen LogP contribution is -2.13. The molecule has 0 radical (unpaired) electrons. The molecule has 4 aromatic rings. The van der Waals surface area contributed by atoms with Gasteiger partial charge >= 0.3 is 0 Å². The Morgan fingerprint density at radius 3 is 2.74 bits per heavy atom. The number of anilines is 1. The van der Waals surface area contributed by atoms with Crippen LogP contribution in [0.1, 0.15) is 28.8 Å². The van der Waals surface area contributed by atoms with Crippen LogP contribution in [-0.2, 0) is 18.3 Å². The molecule has 0 atom stereocenters. The number of pyridine rings is 1. The minimum Gasteiger partial charge on any atom is -0.479 e. The van der Waals surface area contributed by atoms with E-state index in [1.54, 1.807) is 36.2 Å². The largest absolute Gasteiger partial charge is 0.479 e. The van der Waals surface area contributed by atoms with Gasteiger partial charge in [0.25, 0.3) is 5.69 Å². The van der Waals surface area contributed by atoms with Crippen molar-refractivity contribution >= 4 is 39.1 Å². The van der Waals surface area contributed by atoms with Crippen LogP contribution in [0.15, 0.2) is 23.6 Å². The minimum atomic E-state index is -0.412. The number of methoxy groups -OCH3 is 1. The van der Waals surface area contributed by atoms with Crippen molar-refractivity contribution in [2.75, 3.05) is 12.4 Å². The fraction of sp³-hybridized carbons (Fsp3) is 0.304. The number of benzene rings is 1. The number of thiazole rings is 1. The third-order valence-electron chi connectivity index (χ3n) is 5.77. The van der Waals surface area contributed by atoms with Crippen LogP contribution in [0.2, 0.25) is 0 Å². The lowest BCUT2D eigenvalue weighted by Gasteiger charge is -2.11. The standard InChI is InChI=1S/C23H24N6O4S/c1-12-6-7-15(10-18(12)29(31)32)17-11-34-23(25-17)26-19(30)9-8-16-13(2)20-21(24-14(16)3)28(4)27-22(20)33-5/h6-7,10-11H,8-9H2,1-5H3,(H,25,26,30). The zero-order valence-corrected chi connectivity index (χ0v) is 20.3. The quantitative estimate of drug-likeness (QED) is 0.305. The molecule has 11 heteroatoms. The third kappa shape index (κ3) is 4.34. The van der Waals surface area contributed by atoms with Gasteiger partial charge in [-0.25, -0.2) is 14.6 Å². The van der Waals surface area contributed by atoms with Crippen molar-refractivity contribution in [2.24, 2.45) is 7.05 Å². The number of nitrogens with zero attached hydrogens (tertiary/aromatic N) is 5. The Kier molecular flexibility index (Phi) is 6.29. The number of amides is 1. The molecule has 4 rings (SSSR count). The van der Waals surface area contributed by atoms with Crippen molar-refractivity contribution in [3.63, 3.8) is 0 Å². The van der Waals surface area contributed by atoms with Gasteiger partial charge in [0.2, 0.25) is 11.8 Å². The second-order valence-corrected chi connectivity index (χ2v) is 8.83. The number of carbonyl (C=O) groups excluding carboxylic acids is 1. The second kappa shape index (κ2) is 9.18. The number of nitro benzene ring substituents is 1. The molecule has 0 saturated heterocycles. The van der Waals surface area contributed by atoms with Gasteiger partial charge in [0.05, 0.1) is 23.1 Å². The molecule has 0 aliphatic heterocycles. The predicted molar refractivity (Wildman–Crippen MR) is 130 cm³/mol. The Hall–Kier alpha value is -3.86. The summed E-state index contributed by atoms with van der Waals surface area (Å²) in [5, 5.41) is 21.5. The van der Waals surface area contributed by atoms with Crippen molar-refractivity contribution in [3.8, 4) is 17.1 Å². The maximum absolute atomic E-state index is 12.6. The normalized spacial score (nSPS) is 11.1. The Labute approximate surface area is 199 Å². The van der Waals surface area contributed by atoms with E-state index in [1.165, 1.54) is 17.4 Å². The first-order valence-corrected chi connectivity index (χ1v) is 11.4. The van der Waals surface area contributed by atoms with Crippen LogP contribution in [-0.4, -0.2) is 37.7 Å². The summed E-state index contributed by atoms with van der Waals surface area (Å²) in [6, 6.07) is 4.97. The number of carbonyl (C=O) groups is 1. The Balaban J connectivity index is 1.48. The van der Waals surface area contributed by atoms with Crippen LogP contribution < -0.4 is 10.1 Å². The van der Waals surface area contributed by atoms with Gasteiger partial charge in [-0.2, -0.15) is 0 Å². The topological polar surface area (TPSA) is 125 Å². The summed E-state index contributed by atoms with van der Waals surface area (Å²) in [4.78, 5) is 32.5. The molecule has 176 valence electrons. The van der Waals surface area contributed by atoms with Crippen LogP contribution in [0.5, 0.6) is 5.88 Å². The summed E-state index contributed by atoms with van der Waals surface area (Å²) in [5.74, 6) is 0.340. The van der Waals surface area contributed by atoms with Gasteiger partial charge in [0, 0.05) is 41.7 Å². The van der Waals surface area contributed by atoms with Crippen molar-refractivity contribution in [1.82, 2.24) is 19.7 Å². The number of hydrogen-bond acceptors (Lipinski definition) is 8. The molecule has 1 N–H and O–H groups in total. The molecule has 10 nitrogen and oxygen atoms in total. The van der Waals surface area contributed by atoms with E-state index in [0.29, 0.717) is 34.3 Å². The predicted octanol–water partition coefficient (Wildman–Crippen LogP) is 4.51. The van der Waals surface area contributed by atoms with Crippen LogP contribution in [0.25, 0.3) is 22.3 Å². The van der Waals surface area contributed by atoms with E-state index in [4.69, 9.17) is 4.74 Å². The molecule has 0 bridgehead atoms. The zero-order chi connectivity index (χ0) is 24.6. The molecule has 0 fully saturated rings. The molecule has 1 amide bonds. The SMILES string of the molecule is COc1nn(C)c2nc(C)c(CCC(=O)Nc3nc(-c4ccc(C)c([N+](=O)[O-])c4)cs3)c(C)c12. The van der Waals surface area contributed by atoms with E-state index in [9.17, 15) is 14.9 Å². The van der Waals surface area contributed by atoms with Gasteiger partial charge in [-0.15, -0.1) is 16.4 Å². The Morgan fingerprint density at radius 1 is 1.26 bits per heavy atom. The van der Waals surface area contributed by atoms with Crippen molar-refractivity contribution in [1.29, 1.82) is 0 Å². The summed E-state index contributed by atoms with van der Waals surface area (Å²) < 4.78 is 7.09. The fourth-order valence-electron chi connectivity index (χ4n) is 3.96. The van der Waals surface area contributed by atoms with E-state index < -0.39 is 4.92 Å². The second-order valence-electron chi connectivity index (χ2n) is 7.98. The fourth-order valence-corrected chi connectivity index (χ4v) is 4.69. The molecule has 0 unspecified atom stereocenters. The maximum atomic E-state index is 12.6. The number of aromatic nitrogens is 4. The van der Waals surface area contributed by atoms with Crippen molar-refractivity contribution in [2.45, 2.75) is 33.6 Å².